The second-order valence-electron chi connectivity index (χ2n) is 9.75. The number of hydrogen-bond acceptors (Lipinski definition) is 6. The maximum absolute atomic E-state index is 14.1. The lowest BCUT2D eigenvalue weighted by Gasteiger charge is -2.18. The van der Waals surface area contributed by atoms with Crippen LogP contribution in [0.3, 0.4) is 0 Å². The van der Waals surface area contributed by atoms with Gasteiger partial charge in [0.05, 0.1) is 37.2 Å². The number of aryl methyl sites for hydroxylation is 1. The van der Waals surface area contributed by atoms with Gasteiger partial charge in [0, 0.05) is 18.3 Å². The molecule has 214 valence electrons. The molecular weight excluding hydrogens is 577 g/mol. The van der Waals surface area contributed by atoms with Crippen molar-refractivity contribution < 1.29 is 22.7 Å². The highest BCUT2D eigenvalue weighted by Crippen LogP contribution is 2.38. The van der Waals surface area contributed by atoms with Crippen molar-refractivity contribution in [3.8, 4) is 16.9 Å². The topological polar surface area (TPSA) is 113 Å². The molecule has 1 aliphatic heterocycles. The van der Waals surface area contributed by atoms with Gasteiger partial charge in [0.25, 0.3) is 5.56 Å². The van der Waals surface area contributed by atoms with Crippen LogP contribution < -0.4 is 21.3 Å². The number of methoxy groups -OCH3 is 1. The van der Waals surface area contributed by atoms with Gasteiger partial charge in [0.15, 0.2) is 23.3 Å². The number of fused-ring (bicyclic) bond motifs is 2. The highest BCUT2D eigenvalue weighted by Gasteiger charge is 2.24. The Bertz CT molecular complexity index is 2050. The zero-order chi connectivity index (χ0) is 29.9. The van der Waals surface area contributed by atoms with Crippen LogP contribution in [0.25, 0.3) is 22.0 Å². The number of carbonyl (C=O) groups excluding carboxylic acids is 1. The normalized spacial score (nSPS) is 12.6. The zero-order valence-electron chi connectivity index (χ0n) is 22.0. The van der Waals surface area contributed by atoms with Crippen LogP contribution in [0.4, 0.5) is 18.9 Å². The minimum Gasteiger partial charge on any atom is -0.496 e. The molecule has 0 spiro atoms. The van der Waals surface area contributed by atoms with Crippen LogP contribution in [0.5, 0.6) is 5.75 Å². The molecule has 0 saturated carbocycles. The Morgan fingerprint density at radius 3 is 2.40 bits per heavy atom. The molecule has 3 heterocycles. The van der Waals surface area contributed by atoms with Crippen molar-refractivity contribution in [3.63, 3.8) is 0 Å². The molecule has 0 aliphatic carbocycles. The van der Waals surface area contributed by atoms with Crippen LogP contribution in [0.15, 0.2) is 52.3 Å². The van der Waals surface area contributed by atoms with E-state index in [1.54, 1.807) is 25.2 Å². The standard InChI is InChI=1S/C28H20ClF3N6O4/c1-36-12-33-23(35-36)11-38-27(40)25-21(37(28(38)41)10-13-3-18(30)26(32)19(31)4-13)6-14(7-22(25)42-2)16-5-15-8-24(39)34-20(15)9-17(16)29/h3-7,9,12H,8,10-11H2,1-2H3,(H,34,39). The molecule has 0 radical (unpaired) electrons. The summed E-state index contributed by atoms with van der Waals surface area (Å²) < 4.78 is 51.0. The van der Waals surface area contributed by atoms with E-state index in [0.29, 0.717) is 22.4 Å². The molecule has 0 atom stereocenters. The number of halogens is 4. The van der Waals surface area contributed by atoms with Crippen LogP contribution in [-0.2, 0) is 31.4 Å². The largest absolute Gasteiger partial charge is 0.496 e. The van der Waals surface area contributed by atoms with E-state index >= 15 is 0 Å². The lowest BCUT2D eigenvalue weighted by atomic mass is 9.99. The fourth-order valence-electron chi connectivity index (χ4n) is 5.06. The van der Waals surface area contributed by atoms with Gasteiger partial charge in [-0.2, -0.15) is 5.10 Å². The van der Waals surface area contributed by atoms with Gasteiger partial charge in [-0.15, -0.1) is 0 Å². The van der Waals surface area contributed by atoms with Gasteiger partial charge in [-0.3, -0.25) is 23.4 Å². The van der Waals surface area contributed by atoms with Gasteiger partial charge >= 0.3 is 5.69 Å². The third-order valence-corrected chi connectivity index (χ3v) is 7.29. The van der Waals surface area contributed by atoms with Crippen molar-refractivity contribution in [2.45, 2.75) is 19.5 Å². The molecule has 1 N–H and O–H groups in total. The number of aromatic nitrogens is 5. The molecule has 1 aliphatic rings. The summed E-state index contributed by atoms with van der Waals surface area (Å²) in [5, 5.41) is 7.14. The lowest BCUT2D eigenvalue weighted by molar-refractivity contribution is -0.115. The van der Waals surface area contributed by atoms with Gasteiger partial charge in [-0.1, -0.05) is 11.6 Å². The Labute approximate surface area is 239 Å². The number of ether oxygens (including phenoxy) is 1. The Morgan fingerprint density at radius 2 is 1.74 bits per heavy atom. The predicted octanol–water partition coefficient (Wildman–Crippen LogP) is 3.63. The Kier molecular flexibility index (Phi) is 6.61. The van der Waals surface area contributed by atoms with E-state index in [1.165, 1.54) is 24.2 Å². The Morgan fingerprint density at radius 1 is 1.00 bits per heavy atom. The molecular formula is C28H20ClF3N6O4. The van der Waals surface area contributed by atoms with Crippen LogP contribution in [0.2, 0.25) is 5.02 Å². The molecule has 0 unspecified atom stereocenters. The van der Waals surface area contributed by atoms with Crippen molar-refractivity contribution >= 4 is 34.1 Å². The van der Waals surface area contributed by atoms with Crippen molar-refractivity contribution in [2.24, 2.45) is 7.05 Å². The van der Waals surface area contributed by atoms with E-state index in [1.807, 2.05) is 0 Å². The first-order chi connectivity index (χ1) is 20.0. The molecule has 42 heavy (non-hydrogen) atoms. The fraction of sp³-hybridized carbons (Fsp3) is 0.179. The number of anilines is 1. The van der Waals surface area contributed by atoms with Gasteiger partial charge in [-0.05, 0) is 53.1 Å². The van der Waals surface area contributed by atoms with Crippen LogP contribution in [0.1, 0.15) is 17.0 Å². The van der Waals surface area contributed by atoms with Crippen LogP contribution in [-0.4, -0.2) is 36.9 Å². The highest BCUT2D eigenvalue weighted by molar-refractivity contribution is 6.34. The van der Waals surface area contributed by atoms with E-state index in [0.717, 1.165) is 21.3 Å². The summed E-state index contributed by atoms with van der Waals surface area (Å²) in [5.74, 6) is -4.44. The first-order valence-electron chi connectivity index (χ1n) is 12.5. The van der Waals surface area contributed by atoms with E-state index in [2.05, 4.69) is 15.4 Å². The van der Waals surface area contributed by atoms with Crippen molar-refractivity contribution in [2.75, 3.05) is 12.4 Å². The number of amides is 1. The van der Waals surface area contributed by atoms with E-state index in [9.17, 15) is 27.6 Å². The lowest BCUT2D eigenvalue weighted by Crippen LogP contribution is -2.41. The van der Waals surface area contributed by atoms with Crippen molar-refractivity contribution in [1.82, 2.24) is 23.9 Å². The van der Waals surface area contributed by atoms with Crippen molar-refractivity contribution in [1.29, 1.82) is 0 Å². The molecule has 14 heteroatoms. The maximum Gasteiger partial charge on any atom is 0.332 e. The summed E-state index contributed by atoms with van der Waals surface area (Å²) in [6.07, 6.45) is 1.54. The first kappa shape index (κ1) is 27.3. The number of carbonyl (C=O) groups is 1. The molecule has 5 aromatic rings. The maximum atomic E-state index is 14.1. The summed E-state index contributed by atoms with van der Waals surface area (Å²) in [6, 6.07) is 7.96. The van der Waals surface area contributed by atoms with Crippen LogP contribution >= 0.6 is 11.6 Å². The van der Waals surface area contributed by atoms with E-state index < -0.39 is 35.2 Å². The molecule has 10 nitrogen and oxygen atoms in total. The molecule has 0 bridgehead atoms. The minimum atomic E-state index is -1.65. The molecule has 3 aromatic carbocycles. The Balaban J connectivity index is 1.63. The van der Waals surface area contributed by atoms with E-state index in [4.69, 9.17) is 16.3 Å². The van der Waals surface area contributed by atoms with Crippen molar-refractivity contribution in [3.05, 3.63) is 103 Å². The van der Waals surface area contributed by atoms with Gasteiger partial charge in [0.2, 0.25) is 5.91 Å². The summed E-state index contributed by atoms with van der Waals surface area (Å²) in [6.45, 7) is -0.731. The molecule has 0 saturated heterocycles. The molecule has 2 aromatic heterocycles. The number of benzene rings is 3. The number of hydrogen-bond donors (Lipinski definition) is 1. The summed E-state index contributed by atoms with van der Waals surface area (Å²) in [7, 11) is 2.96. The van der Waals surface area contributed by atoms with Gasteiger partial charge < -0.3 is 10.1 Å². The van der Waals surface area contributed by atoms with Gasteiger partial charge in [0.1, 0.15) is 17.5 Å². The number of nitrogens with one attached hydrogen (secondary N) is 1. The summed E-state index contributed by atoms with van der Waals surface area (Å²) in [4.78, 5) is 43.6. The predicted molar refractivity (Wildman–Crippen MR) is 147 cm³/mol. The summed E-state index contributed by atoms with van der Waals surface area (Å²) in [5.41, 5.74) is 0.663. The second kappa shape index (κ2) is 10.2. The monoisotopic (exact) mass is 596 g/mol. The second-order valence-corrected chi connectivity index (χ2v) is 10.2. The Hall–Kier alpha value is -4.91. The molecule has 1 amide bonds. The quantitative estimate of drug-likeness (QED) is 0.300. The SMILES string of the molecule is COc1cc(-c2cc3c(cc2Cl)NC(=O)C3)cc2c1c(=O)n(Cc1ncn(C)n1)c(=O)n2Cc1cc(F)c(F)c(F)c1. The summed E-state index contributed by atoms with van der Waals surface area (Å²) >= 11 is 6.57. The fourth-order valence-corrected chi connectivity index (χ4v) is 5.33. The first-order valence-corrected chi connectivity index (χ1v) is 12.9. The molecule has 0 fully saturated rings. The smallest absolute Gasteiger partial charge is 0.332 e. The van der Waals surface area contributed by atoms with Gasteiger partial charge in [-0.25, -0.2) is 22.9 Å². The third-order valence-electron chi connectivity index (χ3n) is 6.97. The third kappa shape index (κ3) is 4.61. The average Bonchev–Trinajstić information content (AvgIpc) is 3.53. The minimum absolute atomic E-state index is 0.00559. The average molecular weight is 597 g/mol. The highest BCUT2D eigenvalue weighted by atomic mass is 35.5. The number of nitrogens with zero attached hydrogens (tertiary/aromatic N) is 5. The number of rotatable bonds is 6. The van der Waals surface area contributed by atoms with Crippen LogP contribution in [0, 0.1) is 17.5 Å². The molecule has 6 rings (SSSR count). The van der Waals surface area contributed by atoms with E-state index in [-0.39, 0.29) is 51.9 Å². The zero-order valence-corrected chi connectivity index (χ0v) is 22.8.